The number of carbonyl (C=O) groups excluding carboxylic acids is 1. The molecule has 1 amide bonds. The van der Waals surface area contributed by atoms with Crippen molar-refractivity contribution >= 4 is 21.8 Å². The van der Waals surface area contributed by atoms with Crippen molar-refractivity contribution in [2.45, 2.75) is 18.3 Å². The maximum absolute atomic E-state index is 11.6. The SMILES string of the molecule is CNC(=O)C1(c2ccc(Br)cn2)CC1. The van der Waals surface area contributed by atoms with Crippen molar-refractivity contribution in [2.75, 3.05) is 7.05 Å². The Morgan fingerprint density at radius 1 is 1.57 bits per heavy atom. The van der Waals surface area contributed by atoms with Crippen molar-refractivity contribution in [1.29, 1.82) is 0 Å². The van der Waals surface area contributed by atoms with Gasteiger partial charge in [0, 0.05) is 17.7 Å². The molecule has 1 aliphatic carbocycles. The Kier molecular flexibility index (Phi) is 2.31. The summed E-state index contributed by atoms with van der Waals surface area (Å²) in [6, 6.07) is 3.83. The van der Waals surface area contributed by atoms with Crippen LogP contribution in [0.2, 0.25) is 0 Å². The third kappa shape index (κ3) is 1.43. The average molecular weight is 255 g/mol. The van der Waals surface area contributed by atoms with Gasteiger partial charge in [-0.1, -0.05) is 0 Å². The van der Waals surface area contributed by atoms with Gasteiger partial charge >= 0.3 is 0 Å². The first-order valence-corrected chi connectivity index (χ1v) is 5.32. The molecular weight excluding hydrogens is 244 g/mol. The molecule has 0 saturated heterocycles. The van der Waals surface area contributed by atoms with Crippen LogP contribution in [0.3, 0.4) is 0 Å². The van der Waals surface area contributed by atoms with Crippen LogP contribution in [-0.2, 0) is 10.2 Å². The molecule has 1 saturated carbocycles. The molecule has 3 nitrogen and oxygen atoms in total. The monoisotopic (exact) mass is 254 g/mol. The van der Waals surface area contributed by atoms with Crippen LogP contribution in [0.4, 0.5) is 0 Å². The van der Waals surface area contributed by atoms with Gasteiger partial charge in [-0.25, -0.2) is 0 Å². The topological polar surface area (TPSA) is 42.0 Å². The maximum Gasteiger partial charge on any atom is 0.232 e. The molecule has 0 unspecified atom stereocenters. The van der Waals surface area contributed by atoms with E-state index in [1.807, 2.05) is 12.1 Å². The molecule has 0 aliphatic heterocycles. The van der Waals surface area contributed by atoms with Gasteiger partial charge in [0.05, 0.1) is 11.1 Å². The number of halogens is 1. The molecule has 74 valence electrons. The van der Waals surface area contributed by atoms with Gasteiger partial charge in [0.2, 0.25) is 5.91 Å². The van der Waals surface area contributed by atoms with E-state index in [2.05, 4.69) is 26.2 Å². The summed E-state index contributed by atoms with van der Waals surface area (Å²) in [4.78, 5) is 15.9. The summed E-state index contributed by atoms with van der Waals surface area (Å²) in [5.41, 5.74) is 0.537. The number of aromatic nitrogens is 1. The first-order chi connectivity index (χ1) is 6.69. The number of likely N-dealkylation sites (N-methyl/N-ethyl adjacent to an activating group) is 1. The number of rotatable bonds is 2. The quantitative estimate of drug-likeness (QED) is 0.872. The minimum Gasteiger partial charge on any atom is -0.358 e. The highest BCUT2D eigenvalue weighted by Gasteiger charge is 2.52. The summed E-state index contributed by atoms with van der Waals surface area (Å²) in [6.45, 7) is 0. The summed E-state index contributed by atoms with van der Waals surface area (Å²) >= 11 is 3.32. The van der Waals surface area contributed by atoms with Crippen LogP contribution in [0.5, 0.6) is 0 Å². The van der Waals surface area contributed by atoms with Gasteiger partial charge in [0.15, 0.2) is 0 Å². The number of carbonyl (C=O) groups is 1. The fourth-order valence-corrected chi connectivity index (χ4v) is 1.86. The van der Waals surface area contributed by atoms with Crippen LogP contribution in [0.25, 0.3) is 0 Å². The van der Waals surface area contributed by atoms with Crippen molar-refractivity contribution in [3.05, 3.63) is 28.5 Å². The number of pyridine rings is 1. The summed E-state index contributed by atoms with van der Waals surface area (Å²) in [6.07, 6.45) is 3.54. The van der Waals surface area contributed by atoms with E-state index < -0.39 is 0 Å². The first kappa shape index (κ1) is 9.65. The Bertz CT molecular complexity index is 357. The Balaban J connectivity index is 2.31. The number of amides is 1. The lowest BCUT2D eigenvalue weighted by Crippen LogP contribution is -2.32. The molecule has 0 aromatic carbocycles. The lowest BCUT2D eigenvalue weighted by atomic mass is 10.0. The zero-order valence-electron chi connectivity index (χ0n) is 7.88. The largest absolute Gasteiger partial charge is 0.358 e. The van der Waals surface area contributed by atoms with E-state index >= 15 is 0 Å². The van der Waals surface area contributed by atoms with Gasteiger partial charge < -0.3 is 5.32 Å². The molecule has 0 spiro atoms. The Hall–Kier alpha value is -0.900. The molecule has 1 fully saturated rings. The van der Waals surface area contributed by atoms with Crippen LogP contribution in [0, 0.1) is 0 Å². The van der Waals surface area contributed by atoms with E-state index in [0.29, 0.717) is 0 Å². The molecule has 1 aliphatic rings. The minimum absolute atomic E-state index is 0.0762. The van der Waals surface area contributed by atoms with E-state index in [1.54, 1.807) is 13.2 Å². The minimum atomic E-state index is -0.338. The fourth-order valence-electron chi connectivity index (χ4n) is 1.62. The zero-order valence-corrected chi connectivity index (χ0v) is 9.47. The molecule has 4 heteroatoms. The lowest BCUT2D eigenvalue weighted by molar-refractivity contribution is -0.123. The highest BCUT2D eigenvalue weighted by atomic mass is 79.9. The molecule has 2 rings (SSSR count). The smallest absolute Gasteiger partial charge is 0.232 e. The Morgan fingerprint density at radius 2 is 2.29 bits per heavy atom. The van der Waals surface area contributed by atoms with Crippen LogP contribution >= 0.6 is 15.9 Å². The summed E-state index contributed by atoms with van der Waals surface area (Å²) < 4.78 is 0.939. The third-order valence-electron chi connectivity index (χ3n) is 2.63. The van der Waals surface area contributed by atoms with Crippen LogP contribution in [0.1, 0.15) is 18.5 Å². The average Bonchev–Trinajstić information content (AvgIpc) is 2.99. The second-order valence-corrected chi connectivity index (χ2v) is 4.44. The second-order valence-electron chi connectivity index (χ2n) is 3.52. The Labute approximate surface area is 91.0 Å². The summed E-state index contributed by atoms with van der Waals surface area (Å²) in [5.74, 6) is 0.0762. The van der Waals surface area contributed by atoms with Crippen LogP contribution in [-0.4, -0.2) is 17.9 Å². The molecule has 1 aromatic heterocycles. The van der Waals surface area contributed by atoms with E-state index in [1.165, 1.54) is 0 Å². The Morgan fingerprint density at radius 3 is 2.71 bits per heavy atom. The fraction of sp³-hybridized carbons (Fsp3) is 0.400. The number of nitrogens with one attached hydrogen (secondary N) is 1. The molecule has 0 radical (unpaired) electrons. The van der Waals surface area contributed by atoms with E-state index in [9.17, 15) is 4.79 Å². The van der Waals surface area contributed by atoms with Crippen molar-refractivity contribution in [3.8, 4) is 0 Å². The van der Waals surface area contributed by atoms with Crippen molar-refractivity contribution in [3.63, 3.8) is 0 Å². The zero-order chi connectivity index (χ0) is 10.2. The highest BCUT2D eigenvalue weighted by molar-refractivity contribution is 9.10. The van der Waals surface area contributed by atoms with Gasteiger partial charge in [0.25, 0.3) is 0 Å². The number of hydrogen-bond acceptors (Lipinski definition) is 2. The van der Waals surface area contributed by atoms with Crippen molar-refractivity contribution < 1.29 is 4.79 Å². The van der Waals surface area contributed by atoms with E-state index in [-0.39, 0.29) is 11.3 Å². The first-order valence-electron chi connectivity index (χ1n) is 4.53. The van der Waals surface area contributed by atoms with E-state index in [0.717, 1.165) is 23.0 Å². The number of hydrogen-bond donors (Lipinski definition) is 1. The molecule has 1 N–H and O–H groups in total. The van der Waals surface area contributed by atoms with Gasteiger partial charge in [-0.2, -0.15) is 0 Å². The second kappa shape index (κ2) is 3.35. The normalized spacial score (nSPS) is 17.6. The summed E-state index contributed by atoms with van der Waals surface area (Å²) in [7, 11) is 1.67. The third-order valence-corrected chi connectivity index (χ3v) is 3.10. The predicted octanol–water partition coefficient (Wildman–Crippen LogP) is 1.62. The highest BCUT2D eigenvalue weighted by Crippen LogP contribution is 2.47. The predicted molar refractivity (Wildman–Crippen MR) is 56.9 cm³/mol. The van der Waals surface area contributed by atoms with Crippen molar-refractivity contribution in [2.24, 2.45) is 0 Å². The van der Waals surface area contributed by atoms with Crippen molar-refractivity contribution in [1.82, 2.24) is 10.3 Å². The van der Waals surface area contributed by atoms with Gasteiger partial charge in [-0.15, -0.1) is 0 Å². The van der Waals surface area contributed by atoms with Crippen LogP contribution in [0.15, 0.2) is 22.8 Å². The molecule has 0 bridgehead atoms. The maximum atomic E-state index is 11.6. The van der Waals surface area contributed by atoms with E-state index in [4.69, 9.17) is 0 Å². The molecular formula is C10H11BrN2O. The molecule has 14 heavy (non-hydrogen) atoms. The standard InChI is InChI=1S/C10H11BrN2O/c1-12-9(14)10(4-5-10)8-3-2-7(11)6-13-8/h2-3,6H,4-5H2,1H3,(H,12,14). The van der Waals surface area contributed by atoms with Gasteiger partial charge in [-0.3, -0.25) is 9.78 Å². The number of nitrogens with zero attached hydrogens (tertiary/aromatic N) is 1. The van der Waals surface area contributed by atoms with Gasteiger partial charge in [0.1, 0.15) is 0 Å². The van der Waals surface area contributed by atoms with Gasteiger partial charge in [-0.05, 0) is 40.9 Å². The molecule has 1 aromatic rings. The summed E-state index contributed by atoms with van der Waals surface area (Å²) in [5, 5.41) is 2.69. The molecule has 1 heterocycles. The van der Waals surface area contributed by atoms with Crippen LogP contribution < -0.4 is 5.32 Å². The molecule has 0 atom stereocenters. The lowest BCUT2D eigenvalue weighted by Gasteiger charge is -2.12.